The van der Waals surface area contributed by atoms with Crippen molar-refractivity contribution in [3.05, 3.63) is 78.9 Å². The predicted octanol–water partition coefficient (Wildman–Crippen LogP) is 3.14. The molecule has 4 rings (SSSR count). The van der Waals surface area contributed by atoms with E-state index in [4.69, 9.17) is 9.47 Å². The zero-order valence-corrected chi connectivity index (χ0v) is 21.2. The highest BCUT2D eigenvalue weighted by atomic mass is 16.5. The van der Waals surface area contributed by atoms with Crippen molar-refractivity contribution in [3.63, 3.8) is 0 Å². The van der Waals surface area contributed by atoms with E-state index in [-0.39, 0.29) is 24.9 Å². The molecule has 0 atom stereocenters. The van der Waals surface area contributed by atoms with Crippen molar-refractivity contribution >= 4 is 17.6 Å². The average Bonchev–Trinajstić information content (AvgIpc) is 2.96. The normalized spacial score (nSPS) is 13.1. The number of piperazine rings is 1. The maximum absolute atomic E-state index is 13.0. The Morgan fingerprint density at radius 1 is 0.946 bits per heavy atom. The molecule has 0 saturated carbocycles. The van der Waals surface area contributed by atoms with Crippen LogP contribution in [0.1, 0.15) is 10.4 Å². The van der Waals surface area contributed by atoms with Crippen molar-refractivity contribution in [2.24, 2.45) is 0 Å². The van der Waals surface area contributed by atoms with Crippen LogP contribution in [0.4, 0.5) is 5.82 Å². The zero-order valence-electron chi connectivity index (χ0n) is 21.2. The van der Waals surface area contributed by atoms with E-state index >= 15 is 0 Å². The molecule has 2 aromatic carbocycles. The van der Waals surface area contributed by atoms with Gasteiger partial charge in [-0.3, -0.25) is 9.59 Å². The van der Waals surface area contributed by atoms with Gasteiger partial charge in [0, 0.05) is 43.9 Å². The van der Waals surface area contributed by atoms with Gasteiger partial charge in [0.1, 0.15) is 18.0 Å². The largest absolute Gasteiger partial charge is 0.497 e. The Morgan fingerprint density at radius 2 is 1.68 bits per heavy atom. The fourth-order valence-corrected chi connectivity index (χ4v) is 4.17. The minimum atomic E-state index is -0.221. The molecule has 2 heterocycles. The van der Waals surface area contributed by atoms with Crippen LogP contribution in [0.5, 0.6) is 11.5 Å². The monoisotopic (exact) mass is 501 g/mol. The molecular weight excluding hydrogens is 470 g/mol. The molecule has 3 aromatic rings. The third-order valence-corrected chi connectivity index (χ3v) is 6.27. The number of aromatic nitrogens is 2. The first-order chi connectivity index (χ1) is 18.0. The van der Waals surface area contributed by atoms with Crippen molar-refractivity contribution in [3.8, 4) is 22.8 Å². The second-order valence-corrected chi connectivity index (χ2v) is 8.58. The van der Waals surface area contributed by atoms with Crippen molar-refractivity contribution in [2.75, 3.05) is 58.4 Å². The van der Waals surface area contributed by atoms with Crippen LogP contribution in [0.3, 0.4) is 0 Å². The number of amides is 2. The highest BCUT2D eigenvalue weighted by Gasteiger charge is 2.25. The standard InChI is InChI=1S/C28H31N5O4/c1-4-14-33(28(35)21-8-10-23(36-2)11-9-21)20-27(34)32-17-15-31(16-18-32)26-13-12-25(29-30-26)22-6-5-7-24(19-22)37-3/h4-13,19H,1,14-18,20H2,2-3H3. The molecular formula is C28H31N5O4. The molecule has 9 nitrogen and oxygen atoms in total. The number of anilines is 1. The van der Waals surface area contributed by atoms with E-state index in [9.17, 15) is 9.59 Å². The first-order valence-electron chi connectivity index (χ1n) is 12.1. The second-order valence-electron chi connectivity index (χ2n) is 8.58. The molecule has 0 radical (unpaired) electrons. The van der Waals surface area contributed by atoms with Crippen molar-refractivity contribution in [1.82, 2.24) is 20.0 Å². The topological polar surface area (TPSA) is 88.1 Å². The lowest BCUT2D eigenvalue weighted by Crippen LogP contribution is -2.52. The van der Waals surface area contributed by atoms with Crippen molar-refractivity contribution in [2.45, 2.75) is 0 Å². The van der Waals surface area contributed by atoms with Crippen LogP contribution in [0.15, 0.2) is 73.3 Å². The van der Waals surface area contributed by atoms with Crippen LogP contribution in [0, 0.1) is 0 Å². The van der Waals surface area contributed by atoms with Crippen molar-refractivity contribution in [1.29, 1.82) is 0 Å². The molecule has 0 bridgehead atoms. The lowest BCUT2D eigenvalue weighted by Gasteiger charge is -2.36. The third-order valence-electron chi connectivity index (χ3n) is 6.27. The van der Waals surface area contributed by atoms with Crippen molar-refractivity contribution < 1.29 is 19.1 Å². The molecule has 0 spiro atoms. The van der Waals surface area contributed by atoms with Gasteiger partial charge in [-0.25, -0.2) is 0 Å². The number of benzene rings is 2. The Hall–Kier alpha value is -4.40. The van der Waals surface area contributed by atoms with Gasteiger partial charge in [-0.1, -0.05) is 18.2 Å². The Kier molecular flexibility index (Phi) is 8.35. The van der Waals surface area contributed by atoms with Gasteiger partial charge in [-0.2, -0.15) is 0 Å². The summed E-state index contributed by atoms with van der Waals surface area (Å²) in [5.41, 5.74) is 2.19. The molecule has 0 N–H and O–H groups in total. The number of rotatable bonds is 9. The van der Waals surface area contributed by atoms with E-state index < -0.39 is 0 Å². The summed E-state index contributed by atoms with van der Waals surface area (Å²) in [5, 5.41) is 8.79. The Labute approximate surface area is 216 Å². The maximum Gasteiger partial charge on any atom is 0.254 e. The number of hydrogen-bond donors (Lipinski definition) is 0. The molecule has 0 aliphatic carbocycles. The van der Waals surface area contributed by atoms with Crippen LogP contribution in [-0.2, 0) is 4.79 Å². The van der Waals surface area contributed by atoms with Gasteiger partial charge in [0.2, 0.25) is 5.91 Å². The molecule has 0 unspecified atom stereocenters. The second kappa shape index (κ2) is 12.0. The summed E-state index contributed by atoms with van der Waals surface area (Å²) >= 11 is 0. The van der Waals surface area contributed by atoms with E-state index in [1.807, 2.05) is 36.4 Å². The molecule has 9 heteroatoms. The van der Waals surface area contributed by atoms with Gasteiger partial charge in [-0.05, 0) is 48.5 Å². The van der Waals surface area contributed by atoms with Crippen LogP contribution < -0.4 is 14.4 Å². The van der Waals surface area contributed by atoms with Gasteiger partial charge in [0.05, 0.1) is 19.9 Å². The number of methoxy groups -OCH3 is 2. The molecule has 1 aliphatic heterocycles. The quantitative estimate of drug-likeness (QED) is 0.416. The highest BCUT2D eigenvalue weighted by Crippen LogP contribution is 2.23. The molecule has 1 aromatic heterocycles. The number of hydrogen-bond acceptors (Lipinski definition) is 7. The highest BCUT2D eigenvalue weighted by molar-refractivity contribution is 5.96. The van der Waals surface area contributed by atoms with E-state index in [0.717, 1.165) is 22.8 Å². The molecule has 1 aliphatic rings. The van der Waals surface area contributed by atoms with Gasteiger partial charge >= 0.3 is 0 Å². The van der Waals surface area contributed by atoms with E-state index in [0.29, 0.717) is 37.5 Å². The fourth-order valence-electron chi connectivity index (χ4n) is 4.17. The molecule has 37 heavy (non-hydrogen) atoms. The number of carbonyl (C=O) groups excluding carboxylic acids is 2. The SMILES string of the molecule is C=CCN(CC(=O)N1CCN(c2ccc(-c3cccc(OC)c3)nn2)CC1)C(=O)c1ccc(OC)cc1. The van der Waals surface area contributed by atoms with Crippen LogP contribution in [-0.4, -0.2) is 85.3 Å². The summed E-state index contributed by atoms with van der Waals surface area (Å²) in [6, 6.07) is 18.4. The van der Waals surface area contributed by atoms with Gasteiger partial charge < -0.3 is 24.2 Å². The molecule has 192 valence electrons. The van der Waals surface area contributed by atoms with Gasteiger partial charge in [0.15, 0.2) is 5.82 Å². The van der Waals surface area contributed by atoms with Crippen LogP contribution in [0.25, 0.3) is 11.3 Å². The van der Waals surface area contributed by atoms with Crippen LogP contribution >= 0.6 is 0 Å². The summed E-state index contributed by atoms with van der Waals surface area (Å²) in [7, 11) is 3.21. The van der Waals surface area contributed by atoms with E-state index in [1.54, 1.807) is 49.5 Å². The molecule has 1 fully saturated rings. The summed E-state index contributed by atoms with van der Waals surface area (Å²) in [6.45, 7) is 6.35. The number of nitrogens with zero attached hydrogens (tertiary/aromatic N) is 5. The minimum absolute atomic E-state index is 0.00801. The summed E-state index contributed by atoms with van der Waals surface area (Å²) < 4.78 is 10.4. The molecule has 1 saturated heterocycles. The lowest BCUT2D eigenvalue weighted by atomic mass is 10.1. The first kappa shape index (κ1) is 25.7. The molecule has 2 amide bonds. The zero-order chi connectivity index (χ0) is 26.2. The summed E-state index contributed by atoms with van der Waals surface area (Å²) in [5.74, 6) is 1.88. The Bertz CT molecular complexity index is 1220. The van der Waals surface area contributed by atoms with Gasteiger partial charge in [-0.15, -0.1) is 16.8 Å². The first-order valence-corrected chi connectivity index (χ1v) is 12.1. The lowest BCUT2D eigenvalue weighted by molar-refractivity contribution is -0.132. The van der Waals surface area contributed by atoms with E-state index in [1.165, 1.54) is 4.90 Å². The minimum Gasteiger partial charge on any atom is -0.497 e. The third kappa shape index (κ3) is 6.24. The number of ether oxygens (including phenoxy) is 2. The Balaban J connectivity index is 1.33. The summed E-state index contributed by atoms with van der Waals surface area (Å²) in [4.78, 5) is 31.4. The smallest absolute Gasteiger partial charge is 0.254 e. The predicted molar refractivity (Wildman–Crippen MR) is 142 cm³/mol. The maximum atomic E-state index is 13.0. The Morgan fingerprint density at radius 3 is 2.30 bits per heavy atom. The average molecular weight is 502 g/mol. The van der Waals surface area contributed by atoms with Crippen LogP contribution in [0.2, 0.25) is 0 Å². The summed E-state index contributed by atoms with van der Waals surface area (Å²) in [6.07, 6.45) is 1.63. The fraction of sp³-hybridized carbons (Fsp3) is 0.286. The van der Waals surface area contributed by atoms with E-state index in [2.05, 4.69) is 21.7 Å². The van der Waals surface area contributed by atoms with Gasteiger partial charge in [0.25, 0.3) is 5.91 Å². The number of carbonyl (C=O) groups is 2.